The molecule has 2 heterocycles. The molecule has 25 heavy (non-hydrogen) atoms. The Kier molecular flexibility index (Phi) is 4.49. The lowest BCUT2D eigenvalue weighted by Crippen LogP contribution is -2.14. The second-order valence-electron chi connectivity index (χ2n) is 4.93. The van der Waals surface area contributed by atoms with E-state index in [4.69, 9.17) is 0 Å². The third-order valence-electron chi connectivity index (χ3n) is 3.16. The number of hydrogen-bond donors (Lipinski definition) is 1. The highest BCUT2D eigenvalue weighted by molar-refractivity contribution is 7.14. The first-order valence-corrected chi connectivity index (χ1v) is 7.77. The van der Waals surface area contributed by atoms with Gasteiger partial charge < -0.3 is 0 Å². The minimum Gasteiger partial charge on any atom is -0.298 e. The number of aromatic nitrogens is 2. The molecular weight excluding hydrogens is 358 g/mol. The van der Waals surface area contributed by atoms with Gasteiger partial charge in [0.25, 0.3) is 5.91 Å². The fourth-order valence-corrected chi connectivity index (χ4v) is 2.69. The molecule has 0 aliphatic carbocycles. The minimum atomic E-state index is -4.57. The van der Waals surface area contributed by atoms with Crippen LogP contribution in [0.25, 0.3) is 11.3 Å². The molecule has 0 spiro atoms. The van der Waals surface area contributed by atoms with Gasteiger partial charge in [0.1, 0.15) is 11.5 Å². The third kappa shape index (κ3) is 4.00. The van der Waals surface area contributed by atoms with Crippen LogP contribution in [0.5, 0.6) is 0 Å². The van der Waals surface area contributed by atoms with Gasteiger partial charge in [0, 0.05) is 17.1 Å². The Morgan fingerprint density at radius 2 is 1.96 bits per heavy atom. The average Bonchev–Trinajstić information content (AvgIpc) is 3.03. The van der Waals surface area contributed by atoms with Crippen LogP contribution in [0.4, 0.5) is 22.7 Å². The van der Waals surface area contributed by atoms with E-state index in [9.17, 15) is 22.4 Å². The SMILES string of the molecule is O=C(Nc1nc(-c2cccc(F)c2)cs1)c1ccc(C(F)(F)F)nc1. The molecule has 0 atom stereocenters. The number of nitrogens with zero attached hydrogens (tertiary/aromatic N) is 2. The summed E-state index contributed by atoms with van der Waals surface area (Å²) in [7, 11) is 0. The zero-order valence-corrected chi connectivity index (χ0v) is 13.2. The van der Waals surface area contributed by atoms with Crippen LogP contribution < -0.4 is 5.32 Å². The first kappa shape index (κ1) is 17.0. The number of benzene rings is 1. The average molecular weight is 367 g/mol. The molecule has 0 saturated heterocycles. The fourth-order valence-electron chi connectivity index (χ4n) is 1.98. The molecule has 4 nitrogen and oxygen atoms in total. The molecule has 128 valence electrons. The lowest BCUT2D eigenvalue weighted by Gasteiger charge is -2.06. The smallest absolute Gasteiger partial charge is 0.298 e. The lowest BCUT2D eigenvalue weighted by molar-refractivity contribution is -0.141. The predicted molar refractivity (Wildman–Crippen MR) is 84.7 cm³/mol. The number of rotatable bonds is 3. The number of alkyl halides is 3. The number of carbonyl (C=O) groups excluding carboxylic acids is 1. The number of carbonyl (C=O) groups is 1. The third-order valence-corrected chi connectivity index (χ3v) is 3.92. The lowest BCUT2D eigenvalue weighted by atomic mass is 10.2. The Bertz CT molecular complexity index is 906. The van der Waals surface area contributed by atoms with Gasteiger partial charge in [0.15, 0.2) is 5.13 Å². The van der Waals surface area contributed by atoms with E-state index in [0.29, 0.717) is 11.3 Å². The van der Waals surface area contributed by atoms with Crippen LogP contribution >= 0.6 is 11.3 Å². The van der Waals surface area contributed by atoms with Crippen molar-refractivity contribution in [3.8, 4) is 11.3 Å². The fraction of sp³-hybridized carbons (Fsp3) is 0.0625. The topological polar surface area (TPSA) is 54.9 Å². The summed E-state index contributed by atoms with van der Waals surface area (Å²) < 4.78 is 50.6. The molecule has 0 fully saturated rings. The van der Waals surface area contributed by atoms with Crippen LogP contribution in [0, 0.1) is 5.82 Å². The van der Waals surface area contributed by atoms with Gasteiger partial charge in [0.2, 0.25) is 0 Å². The molecular formula is C16H9F4N3OS. The minimum absolute atomic E-state index is 0.0319. The molecule has 9 heteroatoms. The Morgan fingerprint density at radius 3 is 2.60 bits per heavy atom. The van der Waals surface area contributed by atoms with Crippen molar-refractivity contribution in [1.29, 1.82) is 0 Å². The van der Waals surface area contributed by atoms with E-state index < -0.39 is 23.6 Å². The van der Waals surface area contributed by atoms with Crippen molar-refractivity contribution >= 4 is 22.4 Å². The zero-order chi connectivity index (χ0) is 18.0. The molecule has 0 unspecified atom stereocenters. The van der Waals surface area contributed by atoms with Crippen molar-refractivity contribution in [2.24, 2.45) is 0 Å². The molecule has 3 aromatic rings. The summed E-state index contributed by atoms with van der Waals surface area (Å²) in [6, 6.07) is 7.58. The first-order chi connectivity index (χ1) is 11.8. The van der Waals surface area contributed by atoms with Crippen LogP contribution in [-0.2, 0) is 6.18 Å². The molecule has 0 radical (unpaired) electrons. The van der Waals surface area contributed by atoms with Crippen LogP contribution in [0.15, 0.2) is 48.0 Å². The number of anilines is 1. The van der Waals surface area contributed by atoms with Gasteiger partial charge in [-0.05, 0) is 24.3 Å². The highest BCUT2D eigenvalue weighted by Gasteiger charge is 2.32. The molecule has 0 aliphatic rings. The number of nitrogens with one attached hydrogen (secondary N) is 1. The van der Waals surface area contributed by atoms with Crippen LogP contribution in [-0.4, -0.2) is 15.9 Å². The Labute approximate surface area is 143 Å². The summed E-state index contributed by atoms with van der Waals surface area (Å²) in [5, 5.41) is 4.35. The Balaban J connectivity index is 1.73. The molecule has 0 aliphatic heterocycles. The zero-order valence-electron chi connectivity index (χ0n) is 12.3. The molecule has 0 bridgehead atoms. The molecule has 3 rings (SSSR count). The van der Waals surface area contributed by atoms with Crippen molar-refractivity contribution in [3.05, 3.63) is 65.0 Å². The van der Waals surface area contributed by atoms with Gasteiger partial charge in [-0.1, -0.05) is 12.1 Å². The molecule has 0 saturated carbocycles. The number of pyridine rings is 1. The van der Waals surface area contributed by atoms with E-state index in [-0.39, 0.29) is 10.7 Å². The summed E-state index contributed by atoms with van der Waals surface area (Å²) >= 11 is 1.11. The van der Waals surface area contributed by atoms with Crippen molar-refractivity contribution in [3.63, 3.8) is 0 Å². The van der Waals surface area contributed by atoms with Crippen molar-refractivity contribution in [1.82, 2.24) is 9.97 Å². The van der Waals surface area contributed by atoms with Gasteiger partial charge in [0.05, 0.1) is 11.3 Å². The maximum absolute atomic E-state index is 13.2. The maximum atomic E-state index is 13.2. The molecule has 2 aromatic heterocycles. The van der Waals surface area contributed by atoms with E-state index in [1.807, 2.05) is 0 Å². The van der Waals surface area contributed by atoms with E-state index in [2.05, 4.69) is 15.3 Å². The van der Waals surface area contributed by atoms with Gasteiger partial charge in [-0.25, -0.2) is 9.37 Å². The van der Waals surface area contributed by atoms with E-state index in [0.717, 1.165) is 29.7 Å². The summed E-state index contributed by atoms with van der Waals surface area (Å²) in [6.07, 6.45) is -3.72. The van der Waals surface area contributed by atoms with Crippen LogP contribution in [0.3, 0.4) is 0 Å². The van der Waals surface area contributed by atoms with Gasteiger partial charge >= 0.3 is 6.18 Å². The second kappa shape index (κ2) is 6.60. The predicted octanol–water partition coefficient (Wildman–Crippen LogP) is 4.62. The highest BCUT2D eigenvalue weighted by atomic mass is 32.1. The highest BCUT2D eigenvalue weighted by Crippen LogP contribution is 2.28. The monoisotopic (exact) mass is 367 g/mol. The second-order valence-corrected chi connectivity index (χ2v) is 5.79. The first-order valence-electron chi connectivity index (χ1n) is 6.89. The normalized spacial score (nSPS) is 11.4. The molecule has 1 N–H and O–H groups in total. The number of amides is 1. The van der Waals surface area contributed by atoms with E-state index in [1.54, 1.807) is 11.4 Å². The number of halogens is 4. The van der Waals surface area contributed by atoms with Crippen LogP contribution in [0.1, 0.15) is 16.1 Å². The maximum Gasteiger partial charge on any atom is 0.433 e. The van der Waals surface area contributed by atoms with Crippen molar-refractivity contribution in [2.75, 3.05) is 5.32 Å². The van der Waals surface area contributed by atoms with Crippen molar-refractivity contribution in [2.45, 2.75) is 6.18 Å². The largest absolute Gasteiger partial charge is 0.433 e. The van der Waals surface area contributed by atoms with Crippen molar-refractivity contribution < 1.29 is 22.4 Å². The Hall–Kier alpha value is -2.81. The van der Waals surface area contributed by atoms with Gasteiger partial charge in [-0.2, -0.15) is 13.2 Å². The summed E-state index contributed by atoms with van der Waals surface area (Å²) in [5.41, 5.74) is -0.0829. The molecule has 1 amide bonds. The summed E-state index contributed by atoms with van der Waals surface area (Å²) in [6.45, 7) is 0. The standard InChI is InChI=1S/C16H9F4N3OS/c17-11-3-1-2-9(6-11)12-8-25-15(22-12)23-14(24)10-4-5-13(21-7-10)16(18,19)20/h1-8H,(H,22,23,24). The summed E-state index contributed by atoms with van der Waals surface area (Å²) in [4.78, 5) is 19.4. The van der Waals surface area contributed by atoms with E-state index >= 15 is 0 Å². The van der Waals surface area contributed by atoms with Gasteiger partial charge in [-0.15, -0.1) is 11.3 Å². The summed E-state index contributed by atoms with van der Waals surface area (Å²) in [5.74, 6) is -1.05. The number of hydrogen-bond acceptors (Lipinski definition) is 4. The molecule has 1 aromatic carbocycles. The van der Waals surface area contributed by atoms with Crippen LogP contribution in [0.2, 0.25) is 0 Å². The van der Waals surface area contributed by atoms with Gasteiger partial charge in [-0.3, -0.25) is 15.1 Å². The number of thiazole rings is 1. The Morgan fingerprint density at radius 1 is 1.16 bits per heavy atom. The van der Waals surface area contributed by atoms with E-state index in [1.165, 1.54) is 18.2 Å². The quantitative estimate of drug-likeness (QED) is 0.688.